The summed E-state index contributed by atoms with van der Waals surface area (Å²) < 4.78 is 28.9. The standard InChI is InChI=1S/C22H19F2N7/c1-3-17-19-20(29-28-17)25-12-26-22(19)31-8-6-13(7-9-31)21-27-18(11-30(21)2)14-4-5-15(23)16(24)10-14/h1,4-5,10-13H,6-9H2,2H3,(H,25,26,28,29). The van der Waals surface area contributed by atoms with Crippen LogP contribution in [0.4, 0.5) is 14.6 Å². The quantitative estimate of drug-likeness (QED) is 0.515. The summed E-state index contributed by atoms with van der Waals surface area (Å²) >= 11 is 0. The van der Waals surface area contributed by atoms with Crippen molar-refractivity contribution in [3.8, 4) is 23.6 Å². The first-order valence-corrected chi connectivity index (χ1v) is 9.94. The Morgan fingerprint density at radius 3 is 2.71 bits per heavy atom. The number of benzene rings is 1. The fourth-order valence-corrected chi connectivity index (χ4v) is 4.19. The Morgan fingerprint density at radius 2 is 1.97 bits per heavy atom. The van der Waals surface area contributed by atoms with Gasteiger partial charge < -0.3 is 9.47 Å². The first-order valence-electron chi connectivity index (χ1n) is 9.94. The van der Waals surface area contributed by atoms with Gasteiger partial charge in [0.15, 0.2) is 17.3 Å². The zero-order chi connectivity index (χ0) is 21.5. The number of aryl methyl sites for hydroxylation is 1. The minimum atomic E-state index is -0.875. The van der Waals surface area contributed by atoms with Crippen molar-refractivity contribution < 1.29 is 8.78 Å². The number of terminal acetylenes is 1. The van der Waals surface area contributed by atoms with Crippen molar-refractivity contribution >= 4 is 16.9 Å². The highest BCUT2D eigenvalue weighted by molar-refractivity contribution is 5.91. The van der Waals surface area contributed by atoms with Gasteiger partial charge in [-0.1, -0.05) is 5.92 Å². The molecule has 3 aromatic heterocycles. The highest BCUT2D eigenvalue weighted by Crippen LogP contribution is 2.33. The smallest absolute Gasteiger partial charge is 0.187 e. The van der Waals surface area contributed by atoms with Crippen LogP contribution in [-0.2, 0) is 7.05 Å². The molecule has 0 saturated carbocycles. The number of hydrogen-bond donors (Lipinski definition) is 1. The van der Waals surface area contributed by atoms with Crippen molar-refractivity contribution in [1.82, 2.24) is 29.7 Å². The van der Waals surface area contributed by atoms with Crippen LogP contribution in [-0.4, -0.2) is 42.8 Å². The van der Waals surface area contributed by atoms with Crippen LogP contribution >= 0.6 is 0 Å². The molecule has 0 amide bonds. The molecule has 0 unspecified atom stereocenters. The van der Waals surface area contributed by atoms with Gasteiger partial charge in [-0.3, -0.25) is 5.10 Å². The van der Waals surface area contributed by atoms with Crippen LogP contribution in [0.5, 0.6) is 0 Å². The molecule has 4 heterocycles. The van der Waals surface area contributed by atoms with Gasteiger partial charge in [-0.2, -0.15) is 5.10 Å². The second kappa shape index (κ2) is 7.47. The number of piperidine rings is 1. The molecule has 0 aliphatic carbocycles. The van der Waals surface area contributed by atoms with E-state index in [1.807, 2.05) is 17.8 Å². The number of aromatic amines is 1. The third kappa shape index (κ3) is 3.30. The number of imidazole rings is 1. The summed E-state index contributed by atoms with van der Waals surface area (Å²) in [6.45, 7) is 1.55. The highest BCUT2D eigenvalue weighted by atomic mass is 19.2. The van der Waals surface area contributed by atoms with Gasteiger partial charge in [0.2, 0.25) is 0 Å². The predicted octanol–water partition coefficient (Wildman–Crippen LogP) is 3.40. The summed E-state index contributed by atoms with van der Waals surface area (Å²) in [6.07, 6.45) is 10.7. The van der Waals surface area contributed by atoms with E-state index < -0.39 is 11.6 Å². The van der Waals surface area contributed by atoms with E-state index in [0.29, 0.717) is 22.6 Å². The average Bonchev–Trinajstić information content (AvgIpc) is 3.39. The van der Waals surface area contributed by atoms with Crippen molar-refractivity contribution in [2.75, 3.05) is 18.0 Å². The SMILES string of the molecule is C#Cc1[nH]nc2ncnc(N3CCC(c4nc(-c5ccc(F)c(F)c5)cn4C)CC3)c12. The van der Waals surface area contributed by atoms with Crippen molar-refractivity contribution in [1.29, 1.82) is 0 Å². The maximum absolute atomic E-state index is 13.6. The molecule has 4 aromatic rings. The molecule has 0 bridgehead atoms. The molecule has 5 rings (SSSR count). The molecule has 1 saturated heterocycles. The van der Waals surface area contributed by atoms with Crippen LogP contribution in [0, 0.1) is 24.0 Å². The zero-order valence-corrected chi connectivity index (χ0v) is 16.8. The predicted molar refractivity (Wildman–Crippen MR) is 112 cm³/mol. The van der Waals surface area contributed by atoms with E-state index >= 15 is 0 Å². The normalized spacial score (nSPS) is 14.8. The molecule has 9 heteroatoms. The van der Waals surface area contributed by atoms with E-state index in [1.54, 1.807) is 6.07 Å². The summed E-state index contributed by atoms with van der Waals surface area (Å²) in [5, 5.41) is 7.75. The average molecular weight is 419 g/mol. The molecule has 31 heavy (non-hydrogen) atoms. The maximum Gasteiger partial charge on any atom is 0.187 e. The van der Waals surface area contributed by atoms with Gasteiger partial charge in [-0.25, -0.2) is 23.7 Å². The lowest BCUT2D eigenvalue weighted by Gasteiger charge is -2.32. The minimum absolute atomic E-state index is 0.245. The number of anilines is 1. The van der Waals surface area contributed by atoms with Crippen LogP contribution < -0.4 is 4.90 Å². The van der Waals surface area contributed by atoms with E-state index in [1.165, 1.54) is 12.4 Å². The number of rotatable bonds is 3. The second-order valence-corrected chi connectivity index (χ2v) is 7.62. The number of H-pyrrole nitrogens is 1. The van der Waals surface area contributed by atoms with Crippen molar-refractivity contribution in [3.05, 3.63) is 53.9 Å². The Hall–Kier alpha value is -3.80. The third-order valence-corrected chi connectivity index (χ3v) is 5.76. The Labute approximate surface area is 177 Å². The lowest BCUT2D eigenvalue weighted by Crippen LogP contribution is -2.34. The molecule has 1 aromatic carbocycles. The maximum atomic E-state index is 13.6. The summed E-state index contributed by atoms with van der Waals surface area (Å²) in [6, 6.07) is 3.85. The van der Waals surface area contributed by atoms with Gasteiger partial charge in [0.05, 0.1) is 11.1 Å². The number of nitrogens with one attached hydrogen (secondary N) is 1. The van der Waals surface area contributed by atoms with E-state index in [4.69, 9.17) is 11.4 Å². The van der Waals surface area contributed by atoms with Gasteiger partial charge in [0.25, 0.3) is 0 Å². The first-order chi connectivity index (χ1) is 15.0. The zero-order valence-electron chi connectivity index (χ0n) is 16.8. The van der Waals surface area contributed by atoms with Crippen LogP contribution in [0.3, 0.4) is 0 Å². The summed E-state index contributed by atoms with van der Waals surface area (Å²) in [7, 11) is 1.93. The lowest BCUT2D eigenvalue weighted by atomic mass is 9.95. The van der Waals surface area contributed by atoms with E-state index in [0.717, 1.165) is 49.0 Å². The lowest BCUT2D eigenvalue weighted by molar-refractivity contribution is 0.474. The number of aromatic nitrogens is 6. The first kappa shape index (κ1) is 19.2. The molecule has 0 atom stereocenters. The van der Waals surface area contributed by atoms with Crippen molar-refractivity contribution in [2.45, 2.75) is 18.8 Å². The van der Waals surface area contributed by atoms with Crippen LogP contribution in [0.2, 0.25) is 0 Å². The summed E-state index contributed by atoms with van der Waals surface area (Å²) in [4.78, 5) is 15.6. The molecule has 0 spiro atoms. The van der Waals surface area contributed by atoms with Crippen molar-refractivity contribution in [3.63, 3.8) is 0 Å². The number of halogens is 2. The molecule has 1 aliphatic rings. The van der Waals surface area contributed by atoms with E-state index in [-0.39, 0.29) is 5.92 Å². The number of nitrogens with zero attached hydrogens (tertiary/aromatic N) is 6. The topological polar surface area (TPSA) is 75.5 Å². The summed E-state index contributed by atoms with van der Waals surface area (Å²) in [5.41, 5.74) is 2.32. The molecule has 156 valence electrons. The molecule has 0 radical (unpaired) electrons. The Balaban J connectivity index is 1.37. The molecule has 1 N–H and O–H groups in total. The van der Waals surface area contributed by atoms with Crippen LogP contribution in [0.1, 0.15) is 30.3 Å². The van der Waals surface area contributed by atoms with Gasteiger partial charge >= 0.3 is 0 Å². The molecular formula is C22H19F2N7. The Kier molecular flexibility index (Phi) is 4.62. The Bertz CT molecular complexity index is 1310. The third-order valence-electron chi connectivity index (χ3n) is 5.76. The van der Waals surface area contributed by atoms with Gasteiger partial charge in [-0.05, 0) is 31.0 Å². The van der Waals surface area contributed by atoms with Crippen LogP contribution in [0.25, 0.3) is 22.3 Å². The van der Waals surface area contributed by atoms with Gasteiger partial charge in [0, 0.05) is 37.8 Å². The van der Waals surface area contributed by atoms with Crippen LogP contribution in [0.15, 0.2) is 30.7 Å². The van der Waals surface area contributed by atoms with Gasteiger partial charge in [-0.15, -0.1) is 6.42 Å². The monoisotopic (exact) mass is 419 g/mol. The minimum Gasteiger partial charge on any atom is -0.356 e. The van der Waals surface area contributed by atoms with E-state index in [9.17, 15) is 8.78 Å². The molecular weight excluding hydrogens is 400 g/mol. The number of hydrogen-bond acceptors (Lipinski definition) is 5. The second-order valence-electron chi connectivity index (χ2n) is 7.62. The fraction of sp³-hybridized carbons (Fsp3) is 0.273. The number of fused-ring (bicyclic) bond motifs is 1. The van der Waals surface area contributed by atoms with Gasteiger partial charge in [0.1, 0.15) is 23.7 Å². The molecule has 1 fully saturated rings. The molecule has 1 aliphatic heterocycles. The largest absolute Gasteiger partial charge is 0.356 e. The summed E-state index contributed by atoms with van der Waals surface area (Å²) in [5.74, 6) is 2.83. The van der Waals surface area contributed by atoms with Crippen molar-refractivity contribution in [2.24, 2.45) is 7.05 Å². The Morgan fingerprint density at radius 1 is 1.16 bits per heavy atom. The fourth-order valence-electron chi connectivity index (χ4n) is 4.19. The highest BCUT2D eigenvalue weighted by Gasteiger charge is 2.27. The van der Waals surface area contributed by atoms with E-state index in [2.05, 4.69) is 31.0 Å². The molecule has 7 nitrogen and oxygen atoms in total.